The summed E-state index contributed by atoms with van der Waals surface area (Å²) < 4.78 is 14.7. The minimum atomic E-state index is -1.28. The first-order chi connectivity index (χ1) is 15.5. The Morgan fingerprint density at radius 3 is 2.24 bits per heavy atom. The standard InChI is InChI=1S/C17H31N3O13/c1-12(31-15(23)10-29-8-13(33-20(27)28)9-30-19(25)26)32-16(24)18-11-17(7-14(21)22)5-3-2-4-6-17/h12-13,25-28H,2-11H2,1H3,(H,18,24)(H,21,22)/t12?,13-/m1/s1. The van der Waals surface area contributed by atoms with Crippen LogP contribution in [0.3, 0.4) is 0 Å². The Bertz CT molecular complexity index is 613. The van der Waals surface area contributed by atoms with E-state index in [1.54, 1.807) is 0 Å². The number of aliphatic carboxylic acids is 1. The van der Waals surface area contributed by atoms with Gasteiger partial charge in [0.15, 0.2) is 0 Å². The van der Waals surface area contributed by atoms with Crippen LogP contribution in [-0.4, -0.2) is 93.5 Å². The van der Waals surface area contributed by atoms with Gasteiger partial charge in [0, 0.05) is 13.5 Å². The summed E-state index contributed by atoms with van der Waals surface area (Å²) in [5, 5.41) is 44.6. The minimum absolute atomic E-state index is 0.0656. The zero-order valence-electron chi connectivity index (χ0n) is 18.1. The van der Waals surface area contributed by atoms with Crippen molar-refractivity contribution < 1.29 is 64.2 Å². The molecule has 0 aliphatic heterocycles. The second-order valence-electron chi connectivity index (χ2n) is 7.49. The van der Waals surface area contributed by atoms with Crippen molar-refractivity contribution in [2.45, 2.75) is 57.8 Å². The summed E-state index contributed by atoms with van der Waals surface area (Å²) in [6, 6.07) is 0. The summed E-state index contributed by atoms with van der Waals surface area (Å²) >= 11 is 0. The SMILES string of the molecule is CC(OC(=O)COC[C@H](CON(O)O)ON(O)O)OC(=O)NCC1(CC(=O)O)CCCCC1. The zero-order chi connectivity index (χ0) is 24.9. The Balaban J connectivity index is 2.35. The van der Waals surface area contributed by atoms with Gasteiger partial charge < -0.3 is 24.6 Å². The van der Waals surface area contributed by atoms with Crippen molar-refractivity contribution >= 4 is 18.0 Å². The first kappa shape index (κ1) is 28.9. The number of amides is 1. The van der Waals surface area contributed by atoms with E-state index in [4.69, 9.17) is 40.1 Å². The number of hydrogen-bond donors (Lipinski definition) is 6. The molecule has 1 aliphatic carbocycles. The molecule has 0 aromatic rings. The van der Waals surface area contributed by atoms with Crippen molar-refractivity contribution in [3.63, 3.8) is 0 Å². The molecule has 192 valence electrons. The molecule has 1 amide bonds. The number of esters is 1. The predicted molar refractivity (Wildman–Crippen MR) is 100 cm³/mol. The first-order valence-corrected chi connectivity index (χ1v) is 10.1. The lowest BCUT2D eigenvalue weighted by atomic mass is 9.72. The maximum atomic E-state index is 12.0. The molecular weight excluding hydrogens is 454 g/mol. The Hall–Kier alpha value is -2.15. The van der Waals surface area contributed by atoms with Crippen LogP contribution in [0.5, 0.6) is 0 Å². The molecule has 1 unspecified atom stereocenters. The Kier molecular flexibility index (Phi) is 13.0. The topological polar surface area (TPSA) is 217 Å². The summed E-state index contributed by atoms with van der Waals surface area (Å²) in [5.41, 5.74) is -0.541. The molecular formula is C17H31N3O13. The Morgan fingerprint density at radius 1 is 1.00 bits per heavy atom. The molecule has 0 aromatic heterocycles. The van der Waals surface area contributed by atoms with Crippen molar-refractivity contribution in [1.82, 2.24) is 16.1 Å². The molecule has 0 heterocycles. The molecule has 33 heavy (non-hydrogen) atoms. The van der Waals surface area contributed by atoms with Gasteiger partial charge in [0.2, 0.25) is 6.29 Å². The average molecular weight is 485 g/mol. The third-order valence-corrected chi connectivity index (χ3v) is 4.76. The molecule has 0 spiro atoms. The van der Waals surface area contributed by atoms with E-state index in [2.05, 4.69) is 15.0 Å². The summed E-state index contributed by atoms with van der Waals surface area (Å²) in [6.45, 7) is -0.283. The van der Waals surface area contributed by atoms with Crippen molar-refractivity contribution in [2.75, 3.05) is 26.4 Å². The van der Waals surface area contributed by atoms with Crippen molar-refractivity contribution in [2.24, 2.45) is 5.41 Å². The Labute approximate surface area is 188 Å². The van der Waals surface area contributed by atoms with Crippen LogP contribution in [0.1, 0.15) is 45.4 Å². The van der Waals surface area contributed by atoms with Crippen molar-refractivity contribution in [3.05, 3.63) is 0 Å². The molecule has 6 N–H and O–H groups in total. The van der Waals surface area contributed by atoms with E-state index in [0.717, 1.165) is 19.3 Å². The average Bonchev–Trinajstić information content (AvgIpc) is 2.70. The lowest BCUT2D eigenvalue weighted by Crippen LogP contribution is -2.41. The van der Waals surface area contributed by atoms with E-state index in [1.165, 1.54) is 6.92 Å². The van der Waals surface area contributed by atoms with Gasteiger partial charge in [0.05, 0.1) is 23.8 Å². The van der Waals surface area contributed by atoms with Crippen LogP contribution in [0.15, 0.2) is 0 Å². The zero-order valence-corrected chi connectivity index (χ0v) is 18.1. The molecule has 1 rings (SSSR count). The number of carbonyl (C=O) groups is 3. The summed E-state index contributed by atoms with van der Waals surface area (Å²) in [6.07, 6.45) is 0.649. The molecule has 2 atom stereocenters. The quantitative estimate of drug-likeness (QED) is 0.105. The fourth-order valence-corrected chi connectivity index (χ4v) is 3.40. The van der Waals surface area contributed by atoms with Crippen molar-refractivity contribution in [3.8, 4) is 0 Å². The fourth-order valence-electron chi connectivity index (χ4n) is 3.40. The van der Waals surface area contributed by atoms with Gasteiger partial charge in [-0.3, -0.25) is 25.6 Å². The fraction of sp³-hybridized carbons (Fsp3) is 0.824. The highest BCUT2D eigenvalue weighted by Gasteiger charge is 2.35. The molecule has 0 radical (unpaired) electrons. The van der Waals surface area contributed by atoms with Gasteiger partial charge in [-0.2, -0.15) is 0 Å². The lowest BCUT2D eigenvalue weighted by molar-refractivity contribution is -0.528. The number of carboxylic acids is 1. The predicted octanol–water partition coefficient (Wildman–Crippen LogP) is 0.436. The van der Waals surface area contributed by atoms with E-state index in [-0.39, 0.29) is 13.0 Å². The smallest absolute Gasteiger partial charge is 0.410 e. The lowest BCUT2D eigenvalue weighted by Gasteiger charge is -2.36. The van der Waals surface area contributed by atoms with Crippen LogP contribution < -0.4 is 5.32 Å². The van der Waals surface area contributed by atoms with Gasteiger partial charge in [-0.15, -0.1) is 0 Å². The van der Waals surface area contributed by atoms with Gasteiger partial charge in [-0.1, -0.05) is 19.3 Å². The van der Waals surface area contributed by atoms with Crippen LogP contribution in [0, 0.1) is 5.41 Å². The van der Waals surface area contributed by atoms with E-state index in [0.29, 0.717) is 12.8 Å². The van der Waals surface area contributed by atoms with Gasteiger partial charge in [0.25, 0.3) is 0 Å². The maximum absolute atomic E-state index is 12.0. The number of carbonyl (C=O) groups excluding carboxylic acids is 2. The number of nitrogens with zero attached hydrogens (tertiary/aromatic N) is 2. The van der Waals surface area contributed by atoms with E-state index in [1.807, 2.05) is 0 Å². The third-order valence-electron chi connectivity index (χ3n) is 4.76. The number of rotatable bonds is 15. The molecule has 16 nitrogen and oxygen atoms in total. The summed E-state index contributed by atoms with van der Waals surface area (Å²) in [7, 11) is 0. The van der Waals surface area contributed by atoms with Gasteiger partial charge in [-0.25, -0.2) is 19.3 Å². The molecule has 0 aromatic carbocycles. The highest BCUT2D eigenvalue weighted by atomic mass is 17.1. The maximum Gasteiger partial charge on any atom is 0.410 e. The van der Waals surface area contributed by atoms with Gasteiger partial charge in [-0.05, 0) is 18.3 Å². The molecule has 0 bridgehead atoms. The number of alkyl carbamates (subject to hydrolysis) is 1. The van der Waals surface area contributed by atoms with Crippen molar-refractivity contribution in [1.29, 1.82) is 0 Å². The molecule has 1 aliphatic rings. The molecule has 16 heteroatoms. The van der Waals surface area contributed by atoms with E-state index in [9.17, 15) is 14.4 Å². The van der Waals surface area contributed by atoms with E-state index >= 15 is 0 Å². The first-order valence-electron chi connectivity index (χ1n) is 10.1. The number of carboxylic acid groups (broad SMARTS) is 1. The largest absolute Gasteiger partial charge is 0.481 e. The summed E-state index contributed by atoms with van der Waals surface area (Å²) in [4.78, 5) is 43.6. The van der Waals surface area contributed by atoms with E-state index < -0.39 is 66.4 Å². The Morgan fingerprint density at radius 2 is 1.67 bits per heavy atom. The highest BCUT2D eigenvalue weighted by Crippen LogP contribution is 2.38. The molecule has 1 fully saturated rings. The van der Waals surface area contributed by atoms with Crippen LogP contribution in [0.4, 0.5) is 4.79 Å². The van der Waals surface area contributed by atoms with Crippen LogP contribution >= 0.6 is 0 Å². The second-order valence-corrected chi connectivity index (χ2v) is 7.49. The third kappa shape index (κ3) is 13.2. The van der Waals surface area contributed by atoms with Crippen LogP contribution in [0.2, 0.25) is 0 Å². The molecule has 0 saturated heterocycles. The number of ether oxygens (including phenoxy) is 3. The number of hydrogen-bond acceptors (Lipinski definition) is 14. The summed E-state index contributed by atoms with van der Waals surface area (Å²) in [5.74, 6) is -1.87. The normalized spacial score (nSPS) is 17.4. The monoisotopic (exact) mass is 485 g/mol. The van der Waals surface area contributed by atoms with Crippen LogP contribution in [-0.2, 0) is 33.5 Å². The van der Waals surface area contributed by atoms with Crippen LogP contribution in [0.25, 0.3) is 0 Å². The minimum Gasteiger partial charge on any atom is -0.481 e. The second kappa shape index (κ2) is 14.9. The highest BCUT2D eigenvalue weighted by molar-refractivity contribution is 5.71. The van der Waals surface area contributed by atoms with Gasteiger partial charge >= 0.3 is 18.0 Å². The molecule has 1 saturated carbocycles. The van der Waals surface area contributed by atoms with Gasteiger partial charge in [0.1, 0.15) is 19.3 Å². The number of nitrogens with one attached hydrogen (secondary N) is 1.